The van der Waals surface area contributed by atoms with Gasteiger partial charge in [-0.3, -0.25) is 4.18 Å². The van der Waals surface area contributed by atoms with Gasteiger partial charge in [0.2, 0.25) is 0 Å². The van der Waals surface area contributed by atoms with Crippen molar-refractivity contribution in [2.75, 3.05) is 6.61 Å². The molecule has 0 N–H and O–H groups in total. The molecular weight excluding hydrogens is 259 g/mol. The van der Waals surface area contributed by atoms with Gasteiger partial charge >= 0.3 is 6.18 Å². The molecular formula is C9H6F3NO3S. The van der Waals surface area contributed by atoms with Crippen LogP contribution in [0, 0.1) is 11.3 Å². The molecule has 0 radical (unpaired) electrons. The van der Waals surface area contributed by atoms with E-state index in [9.17, 15) is 21.6 Å². The van der Waals surface area contributed by atoms with Gasteiger partial charge in [0.1, 0.15) is 0 Å². The lowest BCUT2D eigenvalue weighted by atomic mass is 10.2. The van der Waals surface area contributed by atoms with Gasteiger partial charge in [-0.15, -0.1) is 0 Å². The normalized spacial score (nSPS) is 12.1. The molecule has 0 heterocycles. The van der Waals surface area contributed by atoms with E-state index in [1.807, 2.05) is 0 Å². The van der Waals surface area contributed by atoms with Gasteiger partial charge in [0, 0.05) is 0 Å². The van der Waals surface area contributed by atoms with E-state index in [-0.39, 0.29) is 5.56 Å². The van der Waals surface area contributed by atoms with Crippen LogP contribution in [-0.4, -0.2) is 21.2 Å². The monoisotopic (exact) mass is 265 g/mol. The van der Waals surface area contributed by atoms with Crippen molar-refractivity contribution in [2.24, 2.45) is 0 Å². The van der Waals surface area contributed by atoms with E-state index < -0.39 is 27.8 Å². The number of benzene rings is 1. The lowest BCUT2D eigenvalue weighted by Gasteiger charge is -2.07. The van der Waals surface area contributed by atoms with E-state index in [2.05, 4.69) is 4.18 Å². The Morgan fingerprint density at radius 1 is 1.24 bits per heavy atom. The Labute approximate surface area is 95.4 Å². The maximum absolute atomic E-state index is 11.8. The van der Waals surface area contributed by atoms with Crippen LogP contribution in [-0.2, 0) is 14.3 Å². The fourth-order valence-corrected chi connectivity index (χ4v) is 1.80. The molecule has 17 heavy (non-hydrogen) atoms. The smallest absolute Gasteiger partial charge is 0.257 e. The molecule has 0 atom stereocenters. The molecule has 0 aliphatic carbocycles. The third-order valence-corrected chi connectivity index (χ3v) is 2.93. The molecule has 92 valence electrons. The van der Waals surface area contributed by atoms with Gasteiger partial charge in [-0.05, 0) is 24.3 Å². The highest BCUT2D eigenvalue weighted by atomic mass is 32.2. The van der Waals surface area contributed by atoms with Crippen molar-refractivity contribution in [3.05, 3.63) is 29.8 Å². The lowest BCUT2D eigenvalue weighted by molar-refractivity contribution is -0.152. The Morgan fingerprint density at radius 2 is 1.76 bits per heavy atom. The molecule has 1 rings (SSSR count). The summed E-state index contributed by atoms with van der Waals surface area (Å²) in [6.07, 6.45) is -4.72. The average Bonchev–Trinajstić information content (AvgIpc) is 2.26. The Hall–Kier alpha value is -1.59. The van der Waals surface area contributed by atoms with Crippen LogP contribution in [0.5, 0.6) is 0 Å². The van der Waals surface area contributed by atoms with E-state index in [0.717, 1.165) is 12.1 Å². The fraction of sp³-hybridized carbons (Fsp3) is 0.222. The molecule has 4 nitrogen and oxygen atoms in total. The maximum Gasteiger partial charge on any atom is 0.413 e. The fourth-order valence-electron chi connectivity index (χ4n) is 0.909. The molecule has 0 saturated carbocycles. The molecule has 1 aromatic carbocycles. The summed E-state index contributed by atoms with van der Waals surface area (Å²) in [6.45, 7) is -1.88. The van der Waals surface area contributed by atoms with Gasteiger partial charge in [0.25, 0.3) is 10.1 Å². The van der Waals surface area contributed by atoms with Crippen LogP contribution in [0.3, 0.4) is 0 Å². The second kappa shape index (κ2) is 4.73. The summed E-state index contributed by atoms with van der Waals surface area (Å²) in [5.41, 5.74) is 0.194. The van der Waals surface area contributed by atoms with Crippen molar-refractivity contribution in [3.8, 4) is 6.07 Å². The van der Waals surface area contributed by atoms with Crippen LogP contribution in [0.1, 0.15) is 5.56 Å². The predicted octanol–water partition coefficient (Wildman–Crippen LogP) is 1.83. The summed E-state index contributed by atoms with van der Waals surface area (Å²) in [6, 6.07) is 6.10. The molecule has 0 fully saturated rings. The van der Waals surface area contributed by atoms with Gasteiger partial charge in [0.15, 0.2) is 6.61 Å². The molecule has 0 unspecified atom stereocenters. The van der Waals surface area contributed by atoms with Crippen molar-refractivity contribution in [1.29, 1.82) is 5.26 Å². The van der Waals surface area contributed by atoms with Gasteiger partial charge in [-0.25, -0.2) is 0 Å². The highest BCUT2D eigenvalue weighted by molar-refractivity contribution is 7.86. The van der Waals surface area contributed by atoms with Crippen LogP contribution in [0.25, 0.3) is 0 Å². The van der Waals surface area contributed by atoms with Gasteiger partial charge in [-0.1, -0.05) is 0 Å². The van der Waals surface area contributed by atoms with Crippen molar-refractivity contribution >= 4 is 10.1 Å². The molecule has 8 heteroatoms. The number of hydrogen-bond donors (Lipinski definition) is 0. The van der Waals surface area contributed by atoms with E-state index in [1.165, 1.54) is 12.1 Å². The van der Waals surface area contributed by atoms with Crippen LogP contribution >= 0.6 is 0 Å². The number of nitriles is 1. The first-order valence-corrected chi connectivity index (χ1v) is 5.62. The topological polar surface area (TPSA) is 67.2 Å². The summed E-state index contributed by atoms with van der Waals surface area (Å²) in [5, 5.41) is 8.46. The SMILES string of the molecule is N#Cc1ccc(S(=O)(=O)OCC(F)(F)F)cc1. The highest BCUT2D eigenvalue weighted by Crippen LogP contribution is 2.19. The van der Waals surface area contributed by atoms with E-state index >= 15 is 0 Å². The number of halogens is 3. The third-order valence-electron chi connectivity index (χ3n) is 1.65. The van der Waals surface area contributed by atoms with Gasteiger partial charge < -0.3 is 0 Å². The molecule has 0 aliphatic rings. The molecule has 0 spiro atoms. The average molecular weight is 265 g/mol. The van der Waals surface area contributed by atoms with Crippen LogP contribution in [0.15, 0.2) is 29.2 Å². The molecule has 1 aromatic rings. The number of rotatable bonds is 3. The minimum absolute atomic E-state index is 0.194. The largest absolute Gasteiger partial charge is 0.413 e. The molecule has 0 aromatic heterocycles. The van der Waals surface area contributed by atoms with Crippen LogP contribution in [0.4, 0.5) is 13.2 Å². The second-order valence-electron chi connectivity index (χ2n) is 2.97. The first kappa shape index (κ1) is 13.5. The second-order valence-corrected chi connectivity index (χ2v) is 4.58. The predicted molar refractivity (Wildman–Crippen MR) is 50.3 cm³/mol. The molecule has 0 amide bonds. The van der Waals surface area contributed by atoms with Gasteiger partial charge in [-0.2, -0.15) is 26.9 Å². The minimum atomic E-state index is -4.72. The van der Waals surface area contributed by atoms with Crippen molar-refractivity contribution in [3.63, 3.8) is 0 Å². The van der Waals surface area contributed by atoms with E-state index in [1.54, 1.807) is 6.07 Å². The summed E-state index contributed by atoms with van der Waals surface area (Å²) in [5.74, 6) is 0. The standard InChI is InChI=1S/C9H6F3NO3S/c10-9(11,12)6-16-17(14,15)8-3-1-7(5-13)2-4-8/h1-4H,6H2. The van der Waals surface area contributed by atoms with Crippen LogP contribution < -0.4 is 0 Å². The molecule has 0 bridgehead atoms. The zero-order chi connectivity index (χ0) is 13.1. The quantitative estimate of drug-likeness (QED) is 0.782. The van der Waals surface area contributed by atoms with Crippen molar-refractivity contribution < 1.29 is 25.8 Å². The Kier molecular flexibility index (Phi) is 3.75. The summed E-state index contributed by atoms with van der Waals surface area (Å²) < 4.78 is 61.7. The van der Waals surface area contributed by atoms with E-state index in [0.29, 0.717) is 0 Å². The van der Waals surface area contributed by atoms with Crippen LogP contribution in [0.2, 0.25) is 0 Å². The van der Waals surface area contributed by atoms with Crippen molar-refractivity contribution in [1.82, 2.24) is 0 Å². The zero-order valence-electron chi connectivity index (χ0n) is 8.23. The lowest BCUT2D eigenvalue weighted by Crippen LogP contribution is -2.20. The zero-order valence-corrected chi connectivity index (χ0v) is 9.05. The highest BCUT2D eigenvalue weighted by Gasteiger charge is 2.31. The summed E-state index contributed by atoms with van der Waals surface area (Å²) >= 11 is 0. The third kappa shape index (κ3) is 4.05. The first-order valence-electron chi connectivity index (χ1n) is 4.21. The molecule has 0 aliphatic heterocycles. The minimum Gasteiger partial charge on any atom is -0.257 e. The Bertz CT molecular complexity index is 528. The summed E-state index contributed by atoms with van der Waals surface area (Å²) in [7, 11) is -4.45. The van der Waals surface area contributed by atoms with Gasteiger partial charge in [0.05, 0.1) is 16.5 Å². The number of hydrogen-bond acceptors (Lipinski definition) is 4. The van der Waals surface area contributed by atoms with E-state index in [4.69, 9.17) is 5.26 Å². The number of nitrogens with zero attached hydrogens (tertiary/aromatic N) is 1. The van der Waals surface area contributed by atoms with Crippen molar-refractivity contribution in [2.45, 2.75) is 11.1 Å². The first-order chi connectivity index (χ1) is 7.74. The Balaban J connectivity index is 2.87. The molecule has 0 saturated heterocycles. The maximum atomic E-state index is 11.8. The Morgan fingerprint density at radius 3 is 2.18 bits per heavy atom. The number of alkyl halides is 3. The summed E-state index contributed by atoms with van der Waals surface area (Å²) in [4.78, 5) is -0.430.